The fourth-order valence-electron chi connectivity index (χ4n) is 3.28. The molecule has 1 aliphatic rings. The highest BCUT2D eigenvalue weighted by molar-refractivity contribution is 7.92. The maximum Gasteiger partial charge on any atom is 0.265 e. The molecule has 172 valence electrons. The van der Waals surface area contributed by atoms with Gasteiger partial charge in [0.1, 0.15) is 10.7 Å². The maximum atomic E-state index is 14.5. The lowest BCUT2D eigenvalue weighted by atomic mass is 10.1. The molecule has 1 N–H and O–H groups in total. The Hall–Kier alpha value is -2.81. The summed E-state index contributed by atoms with van der Waals surface area (Å²) in [5, 5.41) is -0.0434. The van der Waals surface area contributed by atoms with Crippen molar-refractivity contribution in [2.75, 3.05) is 24.4 Å². The summed E-state index contributed by atoms with van der Waals surface area (Å²) in [4.78, 5) is 13.3. The number of ether oxygens (including phenoxy) is 1. The first-order valence-electron chi connectivity index (χ1n) is 10.0. The van der Waals surface area contributed by atoms with Gasteiger partial charge in [0.15, 0.2) is 12.4 Å². The molecule has 1 fully saturated rings. The molecule has 0 spiro atoms. The van der Waals surface area contributed by atoms with Crippen molar-refractivity contribution in [3.8, 4) is 16.9 Å². The molecule has 0 aromatic heterocycles. The smallest absolute Gasteiger partial charge is 0.265 e. The van der Waals surface area contributed by atoms with E-state index in [1.807, 2.05) is 30.3 Å². The van der Waals surface area contributed by atoms with E-state index in [-0.39, 0.29) is 34.0 Å². The first kappa shape index (κ1) is 23.4. The van der Waals surface area contributed by atoms with Crippen LogP contribution in [0, 0.1) is 5.82 Å². The lowest BCUT2D eigenvalue weighted by molar-refractivity contribution is -0.136. The molecule has 3 aromatic carbocycles. The van der Waals surface area contributed by atoms with Crippen molar-refractivity contribution in [1.29, 1.82) is 0 Å². The summed E-state index contributed by atoms with van der Waals surface area (Å²) in [5.41, 5.74) is 1.16. The van der Waals surface area contributed by atoms with E-state index in [4.69, 9.17) is 27.9 Å². The molecule has 33 heavy (non-hydrogen) atoms. The first-order chi connectivity index (χ1) is 15.7. The number of benzene rings is 3. The molecule has 0 unspecified atom stereocenters. The lowest BCUT2D eigenvalue weighted by Gasteiger charge is -2.30. The zero-order chi connectivity index (χ0) is 23.6. The van der Waals surface area contributed by atoms with Crippen LogP contribution in [0.1, 0.15) is 6.42 Å². The average molecular weight is 509 g/mol. The molecule has 10 heteroatoms. The molecule has 4 rings (SSSR count). The summed E-state index contributed by atoms with van der Waals surface area (Å²) in [6.45, 7) is 0.863. The molecule has 0 radical (unpaired) electrons. The molecular weight excluding hydrogens is 490 g/mol. The molecule has 0 bridgehead atoms. The Kier molecular flexibility index (Phi) is 6.78. The quantitative estimate of drug-likeness (QED) is 0.475. The van der Waals surface area contributed by atoms with Gasteiger partial charge in [-0.05, 0) is 41.8 Å². The Balaban J connectivity index is 1.65. The second kappa shape index (κ2) is 9.59. The summed E-state index contributed by atoms with van der Waals surface area (Å²) in [6.07, 6.45) is 0.907. The van der Waals surface area contributed by atoms with E-state index in [1.54, 1.807) is 11.0 Å². The molecular formula is C23H19Cl2FN2O4S. The van der Waals surface area contributed by atoms with Gasteiger partial charge in [-0.3, -0.25) is 9.52 Å². The summed E-state index contributed by atoms with van der Waals surface area (Å²) < 4.78 is 48.7. The van der Waals surface area contributed by atoms with Crippen LogP contribution in [0.15, 0.2) is 65.6 Å². The Morgan fingerprint density at radius 1 is 1.03 bits per heavy atom. The standard InChI is InChI=1S/C23H19Cl2FN2O4S/c24-17-12-18(25)23(32-14-22(29)28-9-4-10-28)21(13-17)33(30,31)27-20-11-16(7-8-19(20)26)15-5-2-1-3-6-15/h1-3,5-8,11-13,27H,4,9-10,14H2. The second-order valence-electron chi connectivity index (χ2n) is 7.40. The summed E-state index contributed by atoms with van der Waals surface area (Å²) >= 11 is 12.2. The largest absolute Gasteiger partial charge is 0.481 e. The number of likely N-dealkylation sites (tertiary alicyclic amines) is 1. The molecule has 6 nitrogen and oxygen atoms in total. The Labute approximate surface area is 200 Å². The minimum Gasteiger partial charge on any atom is -0.481 e. The van der Waals surface area contributed by atoms with Gasteiger partial charge < -0.3 is 9.64 Å². The van der Waals surface area contributed by atoms with Crippen LogP contribution in [0.4, 0.5) is 10.1 Å². The number of carbonyl (C=O) groups is 1. The molecule has 0 atom stereocenters. The van der Waals surface area contributed by atoms with Gasteiger partial charge in [0, 0.05) is 18.1 Å². The van der Waals surface area contributed by atoms with Crippen LogP contribution in [0.2, 0.25) is 10.0 Å². The summed E-state index contributed by atoms with van der Waals surface area (Å²) in [5.74, 6) is -1.28. The predicted molar refractivity (Wildman–Crippen MR) is 126 cm³/mol. The third-order valence-electron chi connectivity index (χ3n) is 5.13. The van der Waals surface area contributed by atoms with Crippen molar-refractivity contribution in [2.45, 2.75) is 11.3 Å². The normalized spacial score (nSPS) is 13.4. The maximum absolute atomic E-state index is 14.5. The fourth-order valence-corrected chi connectivity index (χ4v) is 5.20. The van der Waals surface area contributed by atoms with Crippen molar-refractivity contribution >= 4 is 44.8 Å². The SMILES string of the molecule is O=C(COc1c(Cl)cc(Cl)cc1S(=O)(=O)Nc1cc(-c2ccccc2)ccc1F)N1CCC1. The third-order valence-corrected chi connectivity index (χ3v) is 7.00. The van der Waals surface area contributed by atoms with Gasteiger partial charge in [-0.2, -0.15) is 0 Å². The predicted octanol–water partition coefficient (Wildman–Crippen LogP) is 5.21. The monoisotopic (exact) mass is 508 g/mol. The van der Waals surface area contributed by atoms with Crippen LogP contribution in [0.25, 0.3) is 11.1 Å². The van der Waals surface area contributed by atoms with Gasteiger partial charge in [0.25, 0.3) is 15.9 Å². The molecule has 0 saturated carbocycles. The minimum atomic E-state index is -4.38. The number of halogens is 3. The highest BCUT2D eigenvalue weighted by atomic mass is 35.5. The number of hydrogen-bond acceptors (Lipinski definition) is 4. The highest BCUT2D eigenvalue weighted by Crippen LogP contribution is 2.37. The number of anilines is 1. The number of sulfonamides is 1. The van der Waals surface area contributed by atoms with Gasteiger partial charge in [0.2, 0.25) is 0 Å². The minimum absolute atomic E-state index is 0.0419. The molecule has 1 amide bonds. The number of nitrogens with zero attached hydrogens (tertiary/aromatic N) is 1. The van der Waals surface area contributed by atoms with Crippen LogP contribution in [-0.2, 0) is 14.8 Å². The van der Waals surface area contributed by atoms with Crippen molar-refractivity contribution < 1.29 is 22.3 Å². The second-order valence-corrected chi connectivity index (χ2v) is 9.90. The number of rotatable bonds is 7. The zero-order valence-electron chi connectivity index (χ0n) is 17.2. The van der Waals surface area contributed by atoms with E-state index in [0.29, 0.717) is 18.7 Å². The third kappa shape index (κ3) is 5.24. The van der Waals surface area contributed by atoms with Crippen molar-refractivity contribution in [3.63, 3.8) is 0 Å². The van der Waals surface area contributed by atoms with Crippen LogP contribution >= 0.6 is 23.2 Å². The van der Waals surface area contributed by atoms with E-state index in [1.165, 1.54) is 18.2 Å². The number of hydrogen-bond donors (Lipinski definition) is 1. The average Bonchev–Trinajstić information content (AvgIpc) is 2.73. The van der Waals surface area contributed by atoms with Gasteiger partial charge in [-0.15, -0.1) is 0 Å². The summed E-state index contributed by atoms with van der Waals surface area (Å²) in [7, 11) is -4.38. The van der Waals surface area contributed by atoms with Crippen molar-refractivity contribution in [1.82, 2.24) is 4.90 Å². The molecule has 0 aliphatic carbocycles. The zero-order valence-corrected chi connectivity index (χ0v) is 19.6. The van der Waals surface area contributed by atoms with Crippen LogP contribution in [0.5, 0.6) is 5.75 Å². The Morgan fingerprint density at radius 2 is 1.76 bits per heavy atom. The lowest BCUT2D eigenvalue weighted by Crippen LogP contribution is -2.44. The fraction of sp³-hybridized carbons (Fsp3) is 0.174. The molecule has 1 aliphatic heterocycles. The van der Waals surface area contributed by atoms with Crippen LogP contribution in [0.3, 0.4) is 0 Å². The highest BCUT2D eigenvalue weighted by Gasteiger charge is 2.27. The van der Waals surface area contributed by atoms with Crippen LogP contribution in [-0.4, -0.2) is 38.9 Å². The van der Waals surface area contributed by atoms with Crippen LogP contribution < -0.4 is 9.46 Å². The van der Waals surface area contributed by atoms with Gasteiger partial charge >= 0.3 is 0 Å². The van der Waals surface area contributed by atoms with Gasteiger partial charge in [0.05, 0.1) is 10.7 Å². The van der Waals surface area contributed by atoms with E-state index in [9.17, 15) is 17.6 Å². The molecule has 1 saturated heterocycles. The number of amides is 1. The van der Waals surface area contributed by atoms with Crippen molar-refractivity contribution in [2.24, 2.45) is 0 Å². The Bertz CT molecular complexity index is 1300. The molecule has 3 aromatic rings. The number of nitrogens with one attached hydrogen (secondary N) is 1. The summed E-state index contributed by atoms with van der Waals surface area (Å²) in [6, 6.07) is 15.7. The van der Waals surface area contributed by atoms with E-state index in [0.717, 1.165) is 18.1 Å². The topological polar surface area (TPSA) is 75.7 Å². The number of carbonyl (C=O) groups excluding carboxylic acids is 1. The van der Waals surface area contributed by atoms with E-state index >= 15 is 0 Å². The van der Waals surface area contributed by atoms with Gasteiger partial charge in [-0.25, -0.2) is 12.8 Å². The van der Waals surface area contributed by atoms with Gasteiger partial charge in [-0.1, -0.05) is 59.6 Å². The van der Waals surface area contributed by atoms with E-state index in [2.05, 4.69) is 4.72 Å². The Morgan fingerprint density at radius 3 is 2.42 bits per heavy atom. The van der Waals surface area contributed by atoms with Crippen molar-refractivity contribution in [3.05, 3.63) is 76.5 Å². The first-order valence-corrected chi connectivity index (χ1v) is 12.3. The van der Waals surface area contributed by atoms with E-state index < -0.39 is 20.7 Å². The molecule has 1 heterocycles.